The number of alkyl halides is 3. The lowest BCUT2D eigenvalue weighted by molar-refractivity contribution is -0.267. The lowest BCUT2D eigenvalue weighted by Crippen LogP contribution is -2.50. The quantitative estimate of drug-likeness (QED) is 0.847. The van der Waals surface area contributed by atoms with E-state index < -0.39 is 23.3 Å². The number of carbonyl (C=O) groups is 1. The molecule has 1 aromatic carbocycles. The van der Waals surface area contributed by atoms with Gasteiger partial charge in [-0.15, -0.1) is 0 Å². The summed E-state index contributed by atoms with van der Waals surface area (Å²) in [5, 5.41) is 10.1. The van der Waals surface area contributed by atoms with Gasteiger partial charge in [0, 0.05) is 5.56 Å². The highest BCUT2D eigenvalue weighted by molar-refractivity contribution is 7.22. The van der Waals surface area contributed by atoms with Gasteiger partial charge in [-0.05, 0) is 19.1 Å². The predicted octanol–water partition coefficient (Wildman–Crippen LogP) is 2.19. The number of nitrogens with zero attached hydrogens (tertiary/aromatic N) is 1. The van der Waals surface area contributed by atoms with Crippen molar-refractivity contribution in [3.05, 3.63) is 23.8 Å². The molecule has 0 bridgehead atoms. The van der Waals surface area contributed by atoms with E-state index in [9.17, 15) is 23.1 Å². The highest BCUT2D eigenvalue weighted by atomic mass is 32.1. The molecule has 0 saturated heterocycles. The van der Waals surface area contributed by atoms with Crippen molar-refractivity contribution >= 4 is 32.7 Å². The van der Waals surface area contributed by atoms with E-state index in [0.29, 0.717) is 10.2 Å². The number of hydrogen-bond acceptors (Lipinski definition) is 6. The second-order valence-electron chi connectivity index (χ2n) is 4.16. The Morgan fingerprint density at radius 3 is 2.71 bits per heavy atom. The third-order valence-corrected chi connectivity index (χ3v) is 3.65. The first kappa shape index (κ1) is 15.5. The first-order valence-electron chi connectivity index (χ1n) is 5.83. The Balaban J connectivity index is 2.60. The van der Waals surface area contributed by atoms with Gasteiger partial charge in [-0.2, -0.15) is 13.2 Å². The minimum absolute atomic E-state index is 0.175. The van der Waals surface area contributed by atoms with Gasteiger partial charge in [0.05, 0.1) is 16.8 Å². The van der Waals surface area contributed by atoms with Crippen molar-refractivity contribution in [1.82, 2.24) is 4.98 Å². The van der Waals surface area contributed by atoms with Gasteiger partial charge in [0.2, 0.25) is 0 Å². The van der Waals surface area contributed by atoms with Crippen LogP contribution in [0.3, 0.4) is 0 Å². The molecule has 0 unspecified atom stereocenters. The summed E-state index contributed by atoms with van der Waals surface area (Å²) in [4.78, 5) is 15.5. The fourth-order valence-corrected chi connectivity index (χ4v) is 2.57. The Labute approximate surface area is 121 Å². The Kier molecular flexibility index (Phi) is 3.81. The van der Waals surface area contributed by atoms with Crippen molar-refractivity contribution in [2.24, 2.45) is 0 Å². The number of aromatic nitrogens is 1. The van der Waals surface area contributed by atoms with Crippen LogP contribution in [0.15, 0.2) is 18.2 Å². The number of esters is 1. The molecule has 3 N–H and O–H groups in total. The average molecular weight is 320 g/mol. The van der Waals surface area contributed by atoms with E-state index in [-0.39, 0.29) is 11.7 Å². The molecule has 5 nitrogen and oxygen atoms in total. The van der Waals surface area contributed by atoms with Crippen LogP contribution in [-0.2, 0) is 15.1 Å². The Bertz CT molecular complexity index is 686. The van der Waals surface area contributed by atoms with Crippen LogP contribution in [0.2, 0.25) is 0 Å². The van der Waals surface area contributed by atoms with E-state index in [2.05, 4.69) is 9.72 Å². The summed E-state index contributed by atoms with van der Waals surface area (Å²) >= 11 is 0.954. The second-order valence-corrected chi connectivity index (χ2v) is 5.23. The van der Waals surface area contributed by atoms with Crippen LogP contribution in [0.5, 0.6) is 0 Å². The van der Waals surface area contributed by atoms with Crippen molar-refractivity contribution in [3.8, 4) is 0 Å². The van der Waals surface area contributed by atoms with E-state index in [1.54, 1.807) is 0 Å². The predicted molar refractivity (Wildman–Crippen MR) is 70.6 cm³/mol. The van der Waals surface area contributed by atoms with E-state index >= 15 is 0 Å². The number of nitrogen functional groups attached to an aromatic ring is 1. The molecule has 2 aromatic rings. The lowest BCUT2D eigenvalue weighted by Gasteiger charge is -2.28. The van der Waals surface area contributed by atoms with Gasteiger partial charge in [-0.25, -0.2) is 9.78 Å². The summed E-state index contributed by atoms with van der Waals surface area (Å²) in [6.45, 7) is 1.06. The summed E-state index contributed by atoms with van der Waals surface area (Å²) in [6, 6.07) is 3.27. The first-order valence-corrected chi connectivity index (χ1v) is 6.64. The molecular formula is C12H11F3N2O3S. The zero-order valence-electron chi connectivity index (χ0n) is 10.8. The minimum Gasteiger partial charge on any atom is -0.463 e. The van der Waals surface area contributed by atoms with Crippen LogP contribution < -0.4 is 5.73 Å². The minimum atomic E-state index is -5.22. The zero-order chi connectivity index (χ0) is 15.8. The van der Waals surface area contributed by atoms with Gasteiger partial charge in [-0.1, -0.05) is 17.4 Å². The van der Waals surface area contributed by atoms with E-state index in [4.69, 9.17) is 5.73 Å². The number of anilines is 1. The zero-order valence-corrected chi connectivity index (χ0v) is 11.6. The number of ether oxygens (including phenoxy) is 1. The van der Waals surface area contributed by atoms with Gasteiger partial charge in [-0.3, -0.25) is 0 Å². The van der Waals surface area contributed by atoms with Gasteiger partial charge in [0.25, 0.3) is 5.60 Å². The van der Waals surface area contributed by atoms with Crippen LogP contribution >= 0.6 is 11.3 Å². The maximum absolute atomic E-state index is 13.2. The molecule has 1 heterocycles. The molecule has 9 heteroatoms. The van der Waals surface area contributed by atoms with Crippen LogP contribution in [0.1, 0.15) is 12.5 Å². The molecule has 0 amide bonds. The standard InChI is InChI=1S/C12H11F3N2O3S/c1-2-20-9(18)11(19,12(13,14)15)6-3-4-7-8(5-6)21-10(16)17-7/h3-5,19H,2H2,1H3,(H2,16,17)/t11-/m1/s1. The van der Waals surface area contributed by atoms with Crippen molar-refractivity contribution in [2.75, 3.05) is 12.3 Å². The molecule has 0 aliphatic heterocycles. The van der Waals surface area contributed by atoms with E-state index in [0.717, 1.165) is 23.5 Å². The molecule has 0 saturated carbocycles. The number of thiazole rings is 1. The van der Waals surface area contributed by atoms with Crippen molar-refractivity contribution in [3.63, 3.8) is 0 Å². The molecule has 0 fully saturated rings. The summed E-state index contributed by atoms with van der Waals surface area (Å²) < 4.78 is 44.2. The largest absolute Gasteiger partial charge is 0.463 e. The van der Waals surface area contributed by atoms with Gasteiger partial charge < -0.3 is 15.6 Å². The van der Waals surface area contributed by atoms with Crippen LogP contribution in [0, 0.1) is 0 Å². The number of rotatable bonds is 3. The highest BCUT2D eigenvalue weighted by Crippen LogP contribution is 2.41. The highest BCUT2D eigenvalue weighted by Gasteiger charge is 2.62. The number of carbonyl (C=O) groups excluding carboxylic acids is 1. The Morgan fingerprint density at radius 1 is 1.48 bits per heavy atom. The third kappa shape index (κ3) is 2.54. The first-order chi connectivity index (χ1) is 9.70. The molecule has 1 aromatic heterocycles. The van der Waals surface area contributed by atoms with Gasteiger partial charge in [0.15, 0.2) is 5.13 Å². The maximum atomic E-state index is 13.2. The van der Waals surface area contributed by atoms with Crippen molar-refractivity contribution in [2.45, 2.75) is 18.7 Å². The molecule has 114 valence electrons. The lowest BCUT2D eigenvalue weighted by atomic mass is 9.93. The number of nitrogens with two attached hydrogens (primary N) is 1. The monoisotopic (exact) mass is 320 g/mol. The molecule has 2 rings (SSSR count). The number of halogens is 3. The molecule has 1 atom stereocenters. The molecule has 21 heavy (non-hydrogen) atoms. The Hall–Kier alpha value is -1.87. The fraction of sp³-hybridized carbons (Fsp3) is 0.333. The summed E-state index contributed by atoms with van der Waals surface area (Å²) in [7, 11) is 0. The molecule has 0 aliphatic rings. The normalized spacial score (nSPS) is 14.9. The van der Waals surface area contributed by atoms with Crippen molar-refractivity contribution < 1.29 is 27.8 Å². The smallest absolute Gasteiger partial charge is 0.432 e. The number of benzene rings is 1. The van der Waals surface area contributed by atoms with Crippen molar-refractivity contribution in [1.29, 1.82) is 0 Å². The summed E-state index contributed by atoms with van der Waals surface area (Å²) in [5.74, 6) is -1.77. The summed E-state index contributed by atoms with van der Waals surface area (Å²) in [5.41, 5.74) is 1.50. The number of aliphatic hydroxyl groups is 1. The SMILES string of the molecule is CCOC(=O)[C@](O)(c1ccc2nc(N)sc2c1)C(F)(F)F. The van der Waals surface area contributed by atoms with Crippen LogP contribution in [0.4, 0.5) is 18.3 Å². The maximum Gasteiger partial charge on any atom is 0.432 e. The summed E-state index contributed by atoms with van der Waals surface area (Å²) in [6.07, 6.45) is -5.22. The van der Waals surface area contributed by atoms with Gasteiger partial charge >= 0.3 is 12.1 Å². The number of fused-ring (bicyclic) bond motifs is 1. The van der Waals surface area contributed by atoms with E-state index in [1.165, 1.54) is 13.0 Å². The van der Waals surface area contributed by atoms with E-state index in [1.807, 2.05) is 0 Å². The fourth-order valence-electron chi connectivity index (χ4n) is 1.80. The Morgan fingerprint density at radius 2 is 2.14 bits per heavy atom. The second kappa shape index (κ2) is 5.15. The number of hydrogen-bond donors (Lipinski definition) is 2. The van der Waals surface area contributed by atoms with Gasteiger partial charge in [0.1, 0.15) is 0 Å². The molecular weight excluding hydrogens is 309 g/mol. The van der Waals surface area contributed by atoms with Crippen LogP contribution in [-0.4, -0.2) is 28.8 Å². The third-order valence-electron chi connectivity index (χ3n) is 2.80. The molecule has 0 aliphatic carbocycles. The topological polar surface area (TPSA) is 85.4 Å². The average Bonchev–Trinajstić information content (AvgIpc) is 2.75. The van der Waals surface area contributed by atoms with Crippen LogP contribution in [0.25, 0.3) is 10.2 Å². The molecule has 0 spiro atoms. The molecule has 0 radical (unpaired) electrons.